The third-order valence-corrected chi connectivity index (χ3v) is 5.42. The van der Waals surface area contributed by atoms with E-state index in [1.807, 2.05) is 60.7 Å². The Labute approximate surface area is 125 Å². The van der Waals surface area contributed by atoms with E-state index in [0.717, 1.165) is 11.1 Å². The second-order valence-corrected chi connectivity index (χ2v) is 7.52. The van der Waals surface area contributed by atoms with Gasteiger partial charge in [-0.1, -0.05) is 60.7 Å². The van der Waals surface area contributed by atoms with Gasteiger partial charge in [0.25, 0.3) is 0 Å². The summed E-state index contributed by atoms with van der Waals surface area (Å²) in [4.78, 5) is 20.6. The van der Waals surface area contributed by atoms with Gasteiger partial charge in [0, 0.05) is 6.42 Å². The van der Waals surface area contributed by atoms with Crippen LogP contribution >= 0.6 is 7.72 Å². The number of nitrogens with one attached hydrogen (secondary N) is 1. The zero-order valence-corrected chi connectivity index (χ0v) is 12.6. The molecule has 4 nitrogen and oxygen atoms in total. The molecule has 5 heteroatoms. The standard InChI is InChI=1S/C16H20N2O2P/c17-15(11-13-7-3-1-4-8-13)21(19,20)16(18)12-14-9-5-2-6-10-14/h1-10,15,18-20H,11-12,17H2/q+1/t15-/m0/s1. The summed E-state index contributed by atoms with van der Waals surface area (Å²) in [6, 6.07) is 18.8. The van der Waals surface area contributed by atoms with Gasteiger partial charge in [0.15, 0.2) is 5.78 Å². The number of nitrogens with two attached hydrogens (primary N) is 1. The van der Waals surface area contributed by atoms with Gasteiger partial charge in [-0.25, -0.2) is 9.79 Å². The summed E-state index contributed by atoms with van der Waals surface area (Å²) in [6.45, 7) is 0. The fourth-order valence-corrected chi connectivity index (χ4v) is 3.37. The van der Waals surface area contributed by atoms with Crippen molar-refractivity contribution in [2.45, 2.75) is 18.6 Å². The normalized spacial score (nSPS) is 12.9. The molecule has 1 atom stereocenters. The first-order valence-electron chi connectivity index (χ1n) is 6.76. The summed E-state index contributed by atoms with van der Waals surface area (Å²) in [5, 5.41) is 7.99. The quantitative estimate of drug-likeness (QED) is 0.488. The van der Waals surface area contributed by atoms with Gasteiger partial charge in [-0.3, -0.25) is 11.1 Å². The molecule has 0 aliphatic carbocycles. The highest BCUT2D eigenvalue weighted by atomic mass is 31.2. The van der Waals surface area contributed by atoms with Crippen molar-refractivity contribution < 1.29 is 9.79 Å². The molecule has 0 amide bonds. The molecule has 0 heterocycles. The van der Waals surface area contributed by atoms with E-state index in [1.54, 1.807) is 0 Å². The molecule has 0 aromatic heterocycles. The average Bonchev–Trinajstić information content (AvgIpc) is 2.49. The lowest BCUT2D eigenvalue weighted by Gasteiger charge is -2.19. The maximum absolute atomic E-state index is 10.3. The molecule has 2 aromatic carbocycles. The smallest absolute Gasteiger partial charge is 0.291 e. The van der Waals surface area contributed by atoms with Crippen molar-refractivity contribution in [3.05, 3.63) is 71.8 Å². The SMILES string of the molecule is N=C(Cc1ccccc1)[P+](O)(O)[C@H](N)Cc1ccccc1. The van der Waals surface area contributed by atoms with Crippen LogP contribution in [0.1, 0.15) is 11.1 Å². The third kappa shape index (κ3) is 4.19. The zero-order valence-electron chi connectivity index (χ0n) is 11.7. The third-order valence-electron chi connectivity index (χ3n) is 3.36. The van der Waals surface area contributed by atoms with Crippen LogP contribution in [0.2, 0.25) is 0 Å². The molecule has 0 fully saturated rings. The first kappa shape index (κ1) is 15.8. The molecule has 2 aromatic rings. The molecule has 0 bridgehead atoms. The monoisotopic (exact) mass is 303 g/mol. The number of hydrogen-bond acceptors (Lipinski definition) is 4. The van der Waals surface area contributed by atoms with Crippen LogP contribution in [0.5, 0.6) is 0 Å². The Balaban J connectivity index is 2.04. The Hall–Kier alpha value is -1.58. The summed E-state index contributed by atoms with van der Waals surface area (Å²) in [5.74, 6) is -0.837. The Morgan fingerprint density at radius 1 is 0.952 bits per heavy atom. The fraction of sp³-hybridized carbons (Fsp3) is 0.188. The molecule has 0 aliphatic heterocycles. The van der Waals surface area contributed by atoms with Crippen LogP contribution in [0.25, 0.3) is 0 Å². The van der Waals surface area contributed by atoms with Crippen molar-refractivity contribution in [1.82, 2.24) is 0 Å². The van der Waals surface area contributed by atoms with E-state index >= 15 is 0 Å². The molecule has 5 N–H and O–H groups in total. The van der Waals surface area contributed by atoms with Crippen molar-refractivity contribution in [3.8, 4) is 0 Å². The van der Waals surface area contributed by atoms with Crippen LogP contribution in [0.3, 0.4) is 0 Å². The van der Waals surface area contributed by atoms with Gasteiger partial charge in [0.2, 0.25) is 5.45 Å². The molecular formula is C16H20N2O2P+. The molecule has 0 saturated carbocycles. The van der Waals surface area contributed by atoms with Gasteiger partial charge in [-0.2, -0.15) is 0 Å². The molecule has 21 heavy (non-hydrogen) atoms. The van der Waals surface area contributed by atoms with Crippen molar-refractivity contribution in [2.75, 3.05) is 0 Å². The first-order valence-corrected chi connectivity index (χ1v) is 8.52. The van der Waals surface area contributed by atoms with E-state index in [-0.39, 0.29) is 11.9 Å². The van der Waals surface area contributed by atoms with Gasteiger partial charge in [0.05, 0.1) is 6.42 Å². The lowest BCUT2D eigenvalue weighted by Crippen LogP contribution is -2.30. The van der Waals surface area contributed by atoms with Gasteiger partial charge >= 0.3 is 7.72 Å². The molecule has 0 unspecified atom stereocenters. The van der Waals surface area contributed by atoms with Gasteiger partial charge < -0.3 is 0 Å². The summed E-state index contributed by atoms with van der Waals surface area (Å²) < 4.78 is 0. The second-order valence-electron chi connectivity index (χ2n) is 5.02. The molecular weight excluding hydrogens is 283 g/mol. The van der Waals surface area contributed by atoms with Crippen LogP contribution in [0.15, 0.2) is 60.7 Å². The van der Waals surface area contributed by atoms with Crippen molar-refractivity contribution >= 4 is 13.2 Å². The minimum absolute atomic E-state index is 0.0860. The van der Waals surface area contributed by atoms with E-state index < -0.39 is 13.5 Å². The Morgan fingerprint density at radius 3 is 1.95 bits per heavy atom. The highest BCUT2D eigenvalue weighted by Crippen LogP contribution is 2.55. The van der Waals surface area contributed by atoms with Gasteiger partial charge in [-0.15, -0.1) is 0 Å². The predicted molar refractivity (Wildman–Crippen MR) is 87.4 cm³/mol. The molecule has 0 saturated heterocycles. The Kier molecular flexibility index (Phi) is 5.21. The maximum atomic E-state index is 10.3. The lowest BCUT2D eigenvalue weighted by atomic mass is 10.1. The second kappa shape index (κ2) is 6.92. The summed E-state index contributed by atoms with van der Waals surface area (Å²) >= 11 is 0. The maximum Gasteiger partial charge on any atom is 0.332 e. The van der Waals surface area contributed by atoms with Crippen LogP contribution in [0, 0.1) is 5.41 Å². The van der Waals surface area contributed by atoms with Crippen LogP contribution in [-0.2, 0) is 12.8 Å². The summed E-state index contributed by atoms with van der Waals surface area (Å²) in [5.41, 5.74) is 7.67. The summed E-state index contributed by atoms with van der Waals surface area (Å²) in [7, 11) is -3.59. The highest BCUT2D eigenvalue weighted by Gasteiger charge is 2.46. The van der Waals surface area contributed by atoms with E-state index in [0.29, 0.717) is 6.42 Å². The van der Waals surface area contributed by atoms with Crippen molar-refractivity contribution in [2.24, 2.45) is 5.73 Å². The van der Waals surface area contributed by atoms with E-state index in [2.05, 4.69) is 0 Å². The van der Waals surface area contributed by atoms with E-state index in [9.17, 15) is 9.79 Å². The number of rotatable bonds is 6. The highest BCUT2D eigenvalue weighted by molar-refractivity contribution is 7.82. The van der Waals surface area contributed by atoms with Crippen molar-refractivity contribution in [1.29, 1.82) is 5.41 Å². The first-order chi connectivity index (χ1) is 10.00. The van der Waals surface area contributed by atoms with Gasteiger partial charge in [0.1, 0.15) is 0 Å². The van der Waals surface area contributed by atoms with Crippen LogP contribution < -0.4 is 5.73 Å². The summed E-state index contributed by atoms with van der Waals surface area (Å²) in [6.07, 6.45) is 0.558. The molecule has 110 valence electrons. The fourth-order valence-electron chi connectivity index (χ4n) is 2.09. The predicted octanol–water partition coefficient (Wildman–Crippen LogP) is 2.57. The van der Waals surface area contributed by atoms with Crippen molar-refractivity contribution in [3.63, 3.8) is 0 Å². The van der Waals surface area contributed by atoms with Gasteiger partial charge in [-0.05, 0) is 11.1 Å². The molecule has 2 rings (SSSR count). The number of benzene rings is 2. The minimum Gasteiger partial charge on any atom is -0.291 e. The Morgan fingerprint density at radius 2 is 1.43 bits per heavy atom. The zero-order chi connectivity index (χ0) is 15.3. The Bertz CT molecular complexity index is 588. The number of hydrogen-bond donors (Lipinski definition) is 4. The van der Waals surface area contributed by atoms with E-state index in [1.165, 1.54) is 0 Å². The lowest BCUT2D eigenvalue weighted by molar-refractivity contribution is 0.448. The topological polar surface area (TPSA) is 90.3 Å². The molecule has 0 radical (unpaired) electrons. The molecule has 0 spiro atoms. The minimum atomic E-state index is -3.59. The largest absolute Gasteiger partial charge is 0.332 e. The molecule has 0 aliphatic rings. The average molecular weight is 303 g/mol. The van der Waals surface area contributed by atoms with Crippen LogP contribution in [0.4, 0.5) is 0 Å². The van der Waals surface area contributed by atoms with Crippen LogP contribution in [-0.4, -0.2) is 21.0 Å². The van der Waals surface area contributed by atoms with E-state index in [4.69, 9.17) is 11.1 Å².